The third kappa shape index (κ3) is 2.53. The van der Waals surface area contributed by atoms with Gasteiger partial charge >= 0.3 is 0 Å². The van der Waals surface area contributed by atoms with Crippen LogP contribution in [-0.2, 0) is 6.54 Å². The highest BCUT2D eigenvalue weighted by Gasteiger charge is 2.15. The minimum atomic E-state index is -0.252. The number of hydrogen-bond donors (Lipinski definition) is 1. The van der Waals surface area contributed by atoms with Gasteiger partial charge in [-0.2, -0.15) is 0 Å². The Hall–Kier alpha value is -1.88. The summed E-state index contributed by atoms with van der Waals surface area (Å²) in [6.07, 6.45) is 0.939. The van der Waals surface area contributed by atoms with Crippen LogP contribution < -0.4 is 5.73 Å². The molecular weight excluding hydrogens is 333 g/mol. The summed E-state index contributed by atoms with van der Waals surface area (Å²) in [4.78, 5) is 4.66. The summed E-state index contributed by atoms with van der Waals surface area (Å²) in [7, 11) is 0. The van der Waals surface area contributed by atoms with Crippen LogP contribution in [0.4, 0.5) is 10.1 Å². The summed E-state index contributed by atoms with van der Waals surface area (Å²) in [5, 5.41) is 0. The van der Waals surface area contributed by atoms with Gasteiger partial charge in [0.2, 0.25) is 0 Å². The topological polar surface area (TPSA) is 43.8 Å². The third-order valence-corrected chi connectivity index (χ3v) is 4.08. The number of aryl methyl sites for hydroxylation is 1. The molecule has 0 unspecified atom stereocenters. The van der Waals surface area contributed by atoms with E-state index in [4.69, 9.17) is 5.73 Å². The maximum absolute atomic E-state index is 13.5. The Morgan fingerprint density at radius 2 is 2.05 bits per heavy atom. The molecule has 0 aliphatic rings. The van der Waals surface area contributed by atoms with Crippen molar-refractivity contribution >= 4 is 32.7 Å². The monoisotopic (exact) mass is 347 g/mol. The molecule has 0 spiro atoms. The highest BCUT2D eigenvalue weighted by molar-refractivity contribution is 9.10. The van der Waals surface area contributed by atoms with E-state index in [1.54, 1.807) is 6.07 Å². The van der Waals surface area contributed by atoms with Crippen molar-refractivity contribution in [1.29, 1.82) is 0 Å². The minimum Gasteiger partial charge on any atom is -0.399 e. The Balaban J connectivity index is 2.30. The van der Waals surface area contributed by atoms with Crippen molar-refractivity contribution in [3.8, 4) is 11.4 Å². The van der Waals surface area contributed by atoms with E-state index in [2.05, 4.69) is 27.8 Å². The van der Waals surface area contributed by atoms with E-state index in [0.717, 1.165) is 39.9 Å². The number of nitrogen functional groups attached to an aromatic ring is 1. The molecule has 3 nitrogen and oxygen atoms in total. The van der Waals surface area contributed by atoms with Crippen molar-refractivity contribution in [1.82, 2.24) is 9.55 Å². The molecular formula is C16H15BrFN3. The zero-order valence-corrected chi connectivity index (χ0v) is 13.2. The van der Waals surface area contributed by atoms with E-state index in [1.165, 1.54) is 12.1 Å². The molecule has 1 heterocycles. The number of fused-ring (bicyclic) bond motifs is 1. The van der Waals surface area contributed by atoms with E-state index in [0.29, 0.717) is 5.69 Å². The number of aromatic nitrogens is 2. The van der Waals surface area contributed by atoms with Crippen molar-refractivity contribution in [2.24, 2.45) is 0 Å². The molecule has 3 rings (SSSR count). The molecule has 0 amide bonds. The smallest absolute Gasteiger partial charge is 0.142 e. The zero-order valence-electron chi connectivity index (χ0n) is 11.6. The summed E-state index contributed by atoms with van der Waals surface area (Å²) in [6, 6.07) is 10.3. The molecule has 108 valence electrons. The van der Waals surface area contributed by atoms with Gasteiger partial charge in [-0.3, -0.25) is 0 Å². The highest BCUT2D eigenvalue weighted by Crippen LogP contribution is 2.32. The lowest BCUT2D eigenvalue weighted by atomic mass is 10.2. The Morgan fingerprint density at radius 3 is 2.81 bits per heavy atom. The van der Waals surface area contributed by atoms with Gasteiger partial charge in [-0.15, -0.1) is 0 Å². The molecule has 0 saturated carbocycles. The second-order valence-corrected chi connectivity index (χ2v) is 5.81. The maximum atomic E-state index is 13.5. The van der Waals surface area contributed by atoms with Gasteiger partial charge in [-0.25, -0.2) is 9.37 Å². The van der Waals surface area contributed by atoms with Crippen LogP contribution in [0.5, 0.6) is 0 Å². The SMILES string of the molecule is CCCn1c(-c2cc(N)ccc2Br)nc2ccc(F)cc21. The molecule has 5 heteroatoms. The van der Waals surface area contributed by atoms with Crippen LogP contribution in [0.15, 0.2) is 40.9 Å². The fraction of sp³-hybridized carbons (Fsp3) is 0.188. The molecule has 1 aromatic heterocycles. The molecule has 0 bridgehead atoms. The first-order valence-corrected chi connectivity index (χ1v) is 7.60. The second-order valence-electron chi connectivity index (χ2n) is 4.96. The maximum Gasteiger partial charge on any atom is 0.142 e. The van der Waals surface area contributed by atoms with Crippen molar-refractivity contribution in [2.75, 3.05) is 5.73 Å². The summed E-state index contributed by atoms with van der Waals surface area (Å²) >= 11 is 3.54. The van der Waals surface area contributed by atoms with Crippen molar-refractivity contribution in [2.45, 2.75) is 19.9 Å². The van der Waals surface area contributed by atoms with Gasteiger partial charge in [0.15, 0.2) is 0 Å². The van der Waals surface area contributed by atoms with Crippen molar-refractivity contribution in [3.63, 3.8) is 0 Å². The molecule has 0 aliphatic carbocycles. The lowest BCUT2D eigenvalue weighted by Gasteiger charge is -2.10. The van der Waals surface area contributed by atoms with Crippen LogP contribution >= 0.6 is 15.9 Å². The molecule has 2 N–H and O–H groups in total. The lowest BCUT2D eigenvalue weighted by Crippen LogP contribution is -2.01. The molecule has 0 aliphatic heterocycles. The van der Waals surface area contributed by atoms with Gasteiger partial charge in [0.05, 0.1) is 11.0 Å². The van der Waals surface area contributed by atoms with Gasteiger partial charge in [0, 0.05) is 22.3 Å². The van der Waals surface area contributed by atoms with Crippen molar-refractivity contribution < 1.29 is 4.39 Å². The number of benzene rings is 2. The second kappa shape index (κ2) is 5.48. The number of rotatable bonds is 3. The molecule has 0 saturated heterocycles. The lowest BCUT2D eigenvalue weighted by molar-refractivity contribution is 0.627. The summed E-state index contributed by atoms with van der Waals surface area (Å²) in [5.41, 5.74) is 9.07. The largest absolute Gasteiger partial charge is 0.399 e. The first-order chi connectivity index (χ1) is 10.1. The predicted molar refractivity (Wildman–Crippen MR) is 87.5 cm³/mol. The predicted octanol–water partition coefficient (Wildman–Crippen LogP) is 4.60. The van der Waals surface area contributed by atoms with E-state index in [9.17, 15) is 4.39 Å². The third-order valence-electron chi connectivity index (χ3n) is 3.39. The van der Waals surface area contributed by atoms with Gasteiger partial charge < -0.3 is 10.3 Å². The average Bonchev–Trinajstić information content (AvgIpc) is 2.80. The van der Waals surface area contributed by atoms with Crippen LogP contribution in [0.3, 0.4) is 0 Å². The Morgan fingerprint density at radius 1 is 1.24 bits per heavy atom. The fourth-order valence-corrected chi connectivity index (χ4v) is 2.89. The quantitative estimate of drug-likeness (QED) is 0.703. The zero-order chi connectivity index (χ0) is 15.0. The van der Waals surface area contributed by atoms with Gasteiger partial charge in [-0.1, -0.05) is 22.9 Å². The number of hydrogen-bond acceptors (Lipinski definition) is 2. The molecule has 0 fully saturated rings. The van der Waals surface area contributed by atoms with Gasteiger partial charge in [0.1, 0.15) is 11.6 Å². The first-order valence-electron chi connectivity index (χ1n) is 6.81. The Kier molecular flexibility index (Phi) is 3.68. The van der Waals surface area contributed by atoms with Crippen LogP contribution in [0.1, 0.15) is 13.3 Å². The molecule has 0 atom stereocenters. The minimum absolute atomic E-state index is 0.252. The highest BCUT2D eigenvalue weighted by atomic mass is 79.9. The Labute approximate surface area is 130 Å². The van der Waals surface area contributed by atoms with Crippen LogP contribution in [0.2, 0.25) is 0 Å². The fourth-order valence-electron chi connectivity index (χ4n) is 2.47. The van der Waals surface area contributed by atoms with Crippen LogP contribution in [-0.4, -0.2) is 9.55 Å². The first kappa shape index (κ1) is 14.1. The number of nitrogens with two attached hydrogens (primary N) is 1. The standard InChI is InChI=1S/C16H15BrFN3/c1-2-7-21-15-8-10(18)3-6-14(15)20-16(21)12-9-11(19)4-5-13(12)17/h3-6,8-9H,2,7,19H2,1H3. The number of halogens is 2. The summed E-state index contributed by atoms with van der Waals surface area (Å²) < 4.78 is 16.5. The molecule has 2 aromatic carbocycles. The number of nitrogens with zero attached hydrogens (tertiary/aromatic N) is 2. The Bertz CT molecular complexity index is 811. The normalized spacial score (nSPS) is 11.2. The van der Waals surface area contributed by atoms with E-state index >= 15 is 0 Å². The van der Waals surface area contributed by atoms with Crippen LogP contribution in [0.25, 0.3) is 22.4 Å². The van der Waals surface area contributed by atoms with Gasteiger partial charge in [0.25, 0.3) is 0 Å². The van der Waals surface area contributed by atoms with E-state index < -0.39 is 0 Å². The van der Waals surface area contributed by atoms with Crippen LogP contribution in [0, 0.1) is 5.82 Å². The van der Waals surface area contributed by atoms with E-state index in [1.807, 2.05) is 22.8 Å². The number of anilines is 1. The van der Waals surface area contributed by atoms with Crippen molar-refractivity contribution in [3.05, 3.63) is 46.7 Å². The molecule has 3 aromatic rings. The average molecular weight is 348 g/mol. The summed E-state index contributed by atoms with van der Waals surface area (Å²) in [5.74, 6) is 0.551. The van der Waals surface area contributed by atoms with Gasteiger partial charge in [-0.05, 0) is 42.8 Å². The number of imidazole rings is 1. The molecule has 0 radical (unpaired) electrons. The summed E-state index contributed by atoms with van der Waals surface area (Å²) in [6.45, 7) is 2.86. The van der Waals surface area contributed by atoms with E-state index in [-0.39, 0.29) is 5.82 Å². The molecule has 21 heavy (non-hydrogen) atoms.